The van der Waals surface area contributed by atoms with E-state index in [0.717, 1.165) is 72.4 Å². The lowest BCUT2D eigenvalue weighted by molar-refractivity contribution is 0.0947. The topological polar surface area (TPSA) is 104 Å². The van der Waals surface area contributed by atoms with Gasteiger partial charge in [-0.15, -0.1) is 0 Å². The van der Waals surface area contributed by atoms with E-state index in [1.165, 1.54) is 16.4 Å². The molecule has 2 aromatic carbocycles. The van der Waals surface area contributed by atoms with Gasteiger partial charge in [0.05, 0.1) is 19.1 Å². The maximum Gasteiger partial charge on any atom is 0.251 e. The number of anilines is 1. The molecule has 2 saturated heterocycles. The van der Waals surface area contributed by atoms with Gasteiger partial charge in [-0.05, 0) is 49.2 Å². The van der Waals surface area contributed by atoms with E-state index in [1.54, 1.807) is 37.7 Å². The van der Waals surface area contributed by atoms with Gasteiger partial charge in [0.1, 0.15) is 21.7 Å². The number of piperazine rings is 1. The Kier molecular flexibility index (Phi) is 8.03. The van der Waals surface area contributed by atoms with Crippen LogP contribution in [0.2, 0.25) is 0 Å². The number of thiazole rings is 1. The van der Waals surface area contributed by atoms with Crippen molar-refractivity contribution in [3.8, 4) is 11.5 Å². The van der Waals surface area contributed by atoms with E-state index < -0.39 is 10.0 Å². The van der Waals surface area contributed by atoms with Crippen molar-refractivity contribution in [2.75, 3.05) is 71.5 Å². The number of rotatable bonds is 9. The predicted molar refractivity (Wildman–Crippen MR) is 148 cm³/mol. The molecule has 0 bridgehead atoms. The molecule has 38 heavy (non-hydrogen) atoms. The number of nitrogens with zero attached hydrogens (tertiary/aromatic N) is 4. The minimum atomic E-state index is -3.48. The first-order chi connectivity index (χ1) is 18.4. The van der Waals surface area contributed by atoms with Crippen LogP contribution < -0.4 is 19.7 Å². The van der Waals surface area contributed by atoms with Gasteiger partial charge in [-0.3, -0.25) is 9.69 Å². The minimum Gasteiger partial charge on any atom is -0.495 e. The van der Waals surface area contributed by atoms with Crippen molar-refractivity contribution in [3.63, 3.8) is 0 Å². The van der Waals surface area contributed by atoms with Gasteiger partial charge in [0.15, 0.2) is 5.13 Å². The first-order valence-electron chi connectivity index (χ1n) is 12.8. The minimum absolute atomic E-state index is 0.203. The summed E-state index contributed by atoms with van der Waals surface area (Å²) in [5.41, 5.74) is 1.27. The van der Waals surface area contributed by atoms with Gasteiger partial charge in [-0.1, -0.05) is 11.3 Å². The van der Waals surface area contributed by atoms with Crippen molar-refractivity contribution in [2.24, 2.45) is 0 Å². The summed E-state index contributed by atoms with van der Waals surface area (Å²) >= 11 is 1.61. The van der Waals surface area contributed by atoms with Crippen LogP contribution in [0, 0.1) is 0 Å². The zero-order valence-corrected chi connectivity index (χ0v) is 23.3. The van der Waals surface area contributed by atoms with E-state index in [0.29, 0.717) is 25.2 Å². The fourth-order valence-electron chi connectivity index (χ4n) is 4.86. The summed E-state index contributed by atoms with van der Waals surface area (Å²) in [6.45, 7) is 5.78. The normalized spacial score (nSPS) is 17.2. The van der Waals surface area contributed by atoms with Crippen molar-refractivity contribution < 1.29 is 22.7 Å². The van der Waals surface area contributed by atoms with E-state index in [9.17, 15) is 13.2 Å². The lowest BCUT2D eigenvalue weighted by atomic mass is 10.2. The summed E-state index contributed by atoms with van der Waals surface area (Å²) in [6, 6.07) is 9.99. The molecule has 204 valence electrons. The second-order valence-corrected chi connectivity index (χ2v) is 12.3. The maximum atomic E-state index is 12.7. The van der Waals surface area contributed by atoms with Gasteiger partial charge < -0.3 is 19.7 Å². The number of carbonyl (C=O) groups excluding carboxylic acids is 1. The summed E-state index contributed by atoms with van der Waals surface area (Å²) in [6.07, 6.45) is 1.78. The van der Waals surface area contributed by atoms with Crippen molar-refractivity contribution >= 4 is 42.6 Å². The Morgan fingerprint density at radius 2 is 1.61 bits per heavy atom. The van der Waals surface area contributed by atoms with Gasteiger partial charge in [0.2, 0.25) is 10.0 Å². The maximum absolute atomic E-state index is 12.7. The zero-order valence-electron chi connectivity index (χ0n) is 21.7. The molecule has 2 aliphatic rings. The van der Waals surface area contributed by atoms with Crippen LogP contribution in [0.4, 0.5) is 5.13 Å². The summed E-state index contributed by atoms with van der Waals surface area (Å²) in [5.74, 6) is 1.33. The Morgan fingerprint density at radius 1 is 0.947 bits per heavy atom. The molecule has 2 aliphatic heterocycles. The molecule has 1 N–H and O–H groups in total. The van der Waals surface area contributed by atoms with Crippen LogP contribution in [0.15, 0.2) is 41.3 Å². The Morgan fingerprint density at radius 3 is 2.26 bits per heavy atom. The fraction of sp³-hybridized carbons (Fsp3) is 0.462. The molecular weight excluding hydrogens is 526 g/mol. The van der Waals surface area contributed by atoms with Crippen LogP contribution in [0.5, 0.6) is 11.5 Å². The summed E-state index contributed by atoms with van der Waals surface area (Å²) < 4.78 is 38.8. The molecule has 5 rings (SSSR count). The quantitative estimate of drug-likeness (QED) is 0.427. The van der Waals surface area contributed by atoms with E-state index in [4.69, 9.17) is 14.5 Å². The fourth-order valence-corrected chi connectivity index (χ4v) is 7.50. The Bertz CT molecular complexity index is 1340. The molecule has 3 aromatic rings. The summed E-state index contributed by atoms with van der Waals surface area (Å²) in [7, 11) is -0.172. The van der Waals surface area contributed by atoms with Crippen LogP contribution >= 0.6 is 11.3 Å². The molecule has 3 heterocycles. The van der Waals surface area contributed by atoms with E-state index in [1.807, 2.05) is 12.1 Å². The van der Waals surface area contributed by atoms with Gasteiger partial charge >= 0.3 is 0 Å². The molecule has 0 atom stereocenters. The van der Waals surface area contributed by atoms with Crippen LogP contribution in [0.3, 0.4) is 0 Å². The van der Waals surface area contributed by atoms with E-state index in [2.05, 4.69) is 15.1 Å². The van der Waals surface area contributed by atoms with Crippen molar-refractivity contribution in [2.45, 2.75) is 17.7 Å². The Balaban J connectivity index is 1.11. The highest BCUT2D eigenvalue weighted by Crippen LogP contribution is 2.40. The summed E-state index contributed by atoms with van der Waals surface area (Å²) in [5, 5.41) is 3.90. The lowest BCUT2D eigenvalue weighted by Crippen LogP contribution is -2.48. The zero-order chi connectivity index (χ0) is 26.7. The van der Waals surface area contributed by atoms with Crippen LogP contribution in [0.1, 0.15) is 23.2 Å². The van der Waals surface area contributed by atoms with Gasteiger partial charge in [-0.25, -0.2) is 13.4 Å². The average Bonchev–Trinajstić information content (AvgIpc) is 3.64. The Hall–Kier alpha value is -2.93. The molecule has 0 spiro atoms. The molecule has 0 saturated carbocycles. The number of hydrogen-bond acceptors (Lipinski definition) is 9. The van der Waals surface area contributed by atoms with Gasteiger partial charge in [-0.2, -0.15) is 4.31 Å². The molecule has 0 unspecified atom stereocenters. The van der Waals surface area contributed by atoms with Crippen LogP contribution in [0.25, 0.3) is 10.2 Å². The SMILES string of the molecule is COc1ccc(OC)c2sc(N3CCN(CCNC(=O)c4ccc(S(=O)(=O)N5CCCC5)cc4)CC3)nc12. The van der Waals surface area contributed by atoms with Crippen molar-refractivity contribution in [3.05, 3.63) is 42.0 Å². The number of hydrogen-bond donors (Lipinski definition) is 1. The van der Waals surface area contributed by atoms with Gasteiger partial charge in [0, 0.05) is 57.9 Å². The number of methoxy groups -OCH3 is 2. The average molecular weight is 560 g/mol. The highest BCUT2D eigenvalue weighted by atomic mass is 32.2. The number of aromatic nitrogens is 1. The number of nitrogens with one attached hydrogen (secondary N) is 1. The Labute approximate surface area is 227 Å². The number of sulfonamides is 1. The highest BCUT2D eigenvalue weighted by Gasteiger charge is 2.27. The van der Waals surface area contributed by atoms with Gasteiger partial charge in [0.25, 0.3) is 5.91 Å². The lowest BCUT2D eigenvalue weighted by Gasteiger charge is -2.34. The first kappa shape index (κ1) is 26.7. The highest BCUT2D eigenvalue weighted by molar-refractivity contribution is 7.89. The molecule has 12 heteroatoms. The second-order valence-electron chi connectivity index (χ2n) is 9.36. The predicted octanol–water partition coefficient (Wildman–Crippen LogP) is 2.65. The first-order valence-corrected chi connectivity index (χ1v) is 15.0. The summed E-state index contributed by atoms with van der Waals surface area (Å²) in [4.78, 5) is 22.3. The number of amides is 1. The van der Waals surface area contributed by atoms with E-state index in [-0.39, 0.29) is 10.8 Å². The third-order valence-corrected chi connectivity index (χ3v) is 10.1. The smallest absolute Gasteiger partial charge is 0.251 e. The molecule has 0 aliphatic carbocycles. The molecule has 1 aromatic heterocycles. The van der Waals surface area contributed by atoms with Crippen LogP contribution in [-0.4, -0.2) is 95.1 Å². The monoisotopic (exact) mass is 559 g/mol. The van der Waals surface area contributed by atoms with Crippen LogP contribution in [-0.2, 0) is 10.0 Å². The number of fused-ring (bicyclic) bond motifs is 1. The molecule has 2 fully saturated rings. The standard InChI is InChI=1S/C26H33N5O5S2/c1-35-21-9-10-22(36-2)24-23(21)28-26(37-24)30-17-15-29(16-18-30)14-11-27-25(32)19-5-7-20(8-6-19)38(33,34)31-12-3-4-13-31/h5-10H,3-4,11-18H2,1-2H3,(H,27,32). The largest absolute Gasteiger partial charge is 0.495 e. The third-order valence-electron chi connectivity index (χ3n) is 7.07. The molecular formula is C26H33N5O5S2. The molecule has 0 radical (unpaired) electrons. The molecule has 1 amide bonds. The molecule has 10 nitrogen and oxygen atoms in total. The van der Waals surface area contributed by atoms with Crippen molar-refractivity contribution in [1.29, 1.82) is 0 Å². The second kappa shape index (κ2) is 11.4. The number of benzene rings is 2. The number of ether oxygens (including phenoxy) is 2. The third kappa shape index (κ3) is 5.44. The number of carbonyl (C=O) groups is 1. The van der Waals surface area contributed by atoms with E-state index >= 15 is 0 Å². The van der Waals surface area contributed by atoms with Crippen molar-refractivity contribution in [1.82, 2.24) is 19.5 Å².